The number of aromatic nitrogens is 2. The molecule has 2 heterocycles. The van der Waals surface area contributed by atoms with Gasteiger partial charge in [-0.05, 0) is 29.8 Å². The lowest BCUT2D eigenvalue weighted by Crippen LogP contribution is -2.32. The van der Waals surface area contributed by atoms with Crippen LogP contribution in [-0.4, -0.2) is 40.2 Å². The number of nitrogens with one attached hydrogen (secondary N) is 1. The number of carbonyl (C=O) groups excluding carboxylic acids is 2. The standard InChI is InChI=1S/C20H18N4O4/c1-27-15-9-7-14(8-10-15)18-23-22-17(28-18)12-24-19(25)16(21-20(24)26)11-13-5-3-2-4-6-13/h2-10,16H,11-12H2,1H3,(H,21,26). The number of hydrogen-bond acceptors (Lipinski definition) is 6. The van der Waals surface area contributed by atoms with Gasteiger partial charge in [-0.3, -0.25) is 9.69 Å². The number of imide groups is 1. The molecule has 8 nitrogen and oxygen atoms in total. The molecule has 3 aromatic rings. The van der Waals surface area contributed by atoms with E-state index in [0.717, 1.165) is 16.0 Å². The van der Waals surface area contributed by atoms with Crippen LogP contribution >= 0.6 is 0 Å². The van der Waals surface area contributed by atoms with Crippen LogP contribution in [0.2, 0.25) is 0 Å². The first-order valence-corrected chi connectivity index (χ1v) is 8.76. The summed E-state index contributed by atoms with van der Waals surface area (Å²) in [6.07, 6.45) is 0.433. The van der Waals surface area contributed by atoms with Crippen LogP contribution in [-0.2, 0) is 17.8 Å². The summed E-state index contributed by atoms with van der Waals surface area (Å²) in [5.74, 6) is 0.908. The molecule has 0 radical (unpaired) electrons. The van der Waals surface area contributed by atoms with Crippen molar-refractivity contribution in [3.8, 4) is 17.2 Å². The minimum atomic E-state index is -0.598. The minimum absolute atomic E-state index is 0.0703. The van der Waals surface area contributed by atoms with E-state index < -0.39 is 12.1 Å². The molecule has 1 fully saturated rings. The summed E-state index contributed by atoms with van der Waals surface area (Å²) in [5, 5.41) is 10.7. The second-order valence-corrected chi connectivity index (χ2v) is 6.35. The molecule has 1 aromatic heterocycles. The van der Waals surface area contributed by atoms with Gasteiger partial charge in [-0.2, -0.15) is 0 Å². The molecular weight excluding hydrogens is 360 g/mol. The summed E-state index contributed by atoms with van der Waals surface area (Å²) in [7, 11) is 1.59. The van der Waals surface area contributed by atoms with Crippen LogP contribution in [0, 0.1) is 0 Å². The zero-order chi connectivity index (χ0) is 19.5. The van der Waals surface area contributed by atoms with Crippen molar-refractivity contribution in [2.45, 2.75) is 19.0 Å². The van der Waals surface area contributed by atoms with Crippen molar-refractivity contribution in [3.63, 3.8) is 0 Å². The molecule has 1 atom stereocenters. The van der Waals surface area contributed by atoms with Crippen LogP contribution in [0.3, 0.4) is 0 Å². The van der Waals surface area contributed by atoms with Crippen molar-refractivity contribution in [1.82, 2.24) is 20.4 Å². The number of amides is 3. The molecule has 1 unspecified atom stereocenters. The zero-order valence-corrected chi connectivity index (χ0v) is 15.2. The van der Waals surface area contributed by atoms with Crippen LogP contribution in [0.1, 0.15) is 11.5 Å². The largest absolute Gasteiger partial charge is 0.497 e. The van der Waals surface area contributed by atoms with E-state index in [9.17, 15) is 9.59 Å². The van der Waals surface area contributed by atoms with Crippen molar-refractivity contribution in [2.24, 2.45) is 0 Å². The third-order valence-electron chi connectivity index (χ3n) is 4.49. The molecule has 8 heteroatoms. The maximum Gasteiger partial charge on any atom is 0.325 e. The summed E-state index contributed by atoms with van der Waals surface area (Å²) in [6, 6.07) is 15.6. The number of nitrogens with zero attached hydrogens (tertiary/aromatic N) is 3. The number of hydrogen-bond donors (Lipinski definition) is 1. The van der Waals surface area contributed by atoms with Gasteiger partial charge >= 0.3 is 6.03 Å². The predicted molar refractivity (Wildman–Crippen MR) is 99.3 cm³/mol. The van der Waals surface area contributed by atoms with Crippen molar-refractivity contribution < 1.29 is 18.7 Å². The summed E-state index contributed by atoms with van der Waals surface area (Å²) in [5.41, 5.74) is 1.70. The number of benzene rings is 2. The molecule has 4 rings (SSSR count). The van der Waals surface area contributed by atoms with E-state index in [0.29, 0.717) is 18.1 Å². The molecule has 1 aliphatic heterocycles. The molecule has 0 spiro atoms. The van der Waals surface area contributed by atoms with Gasteiger partial charge < -0.3 is 14.5 Å². The predicted octanol–water partition coefficient (Wildman–Crippen LogP) is 2.41. The highest BCUT2D eigenvalue weighted by Crippen LogP contribution is 2.22. The van der Waals surface area contributed by atoms with E-state index in [1.165, 1.54) is 0 Å². The van der Waals surface area contributed by atoms with Gasteiger partial charge in [-0.1, -0.05) is 30.3 Å². The van der Waals surface area contributed by atoms with Crippen molar-refractivity contribution >= 4 is 11.9 Å². The average molecular weight is 378 g/mol. The summed E-state index contributed by atoms with van der Waals surface area (Å²) < 4.78 is 10.7. The van der Waals surface area contributed by atoms with Crippen LogP contribution in [0.25, 0.3) is 11.5 Å². The van der Waals surface area contributed by atoms with E-state index in [1.54, 1.807) is 31.4 Å². The lowest BCUT2D eigenvalue weighted by atomic mass is 10.1. The van der Waals surface area contributed by atoms with Crippen LogP contribution < -0.4 is 10.1 Å². The Labute approximate surface area is 161 Å². The normalized spacial score (nSPS) is 16.3. The van der Waals surface area contributed by atoms with Gasteiger partial charge in [0.25, 0.3) is 5.91 Å². The molecule has 0 aliphatic carbocycles. The molecule has 1 N–H and O–H groups in total. The fourth-order valence-electron chi connectivity index (χ4n) is 3.02. The average Bonchev–Trinajstić information content (AvgIpc) is 3.29. The Morgan fingerprint density at radius 3 is 2.54 bits per heavy atom. The monoisotopic (exact) mass is 378 g/mol. The number of methoxy groups -OCH3 is 1. The van der Waals surface area contributed by atoms with Gasteiger partial charge in [0.2, 0.25) is 11.8 Å². The Hall–Kier alpha value is -3.68. The minimum Gasteiger partial charge on any atom is -0.497 e. The van der Waals surface area contributed by atoms with Crippen molar-refractivity contribution in [2.75, 3.05) is 7.11 Å². The van der Waals surface area contributed by atoms with E-state index in [4.69, 9.17) is 9.15 Å². The van der Waals surface area contributed by atoms with Gasteiger partial charge in [0.05, 0.1) is 7.11 Å². The second-order valence-electron chi connectivity index (χ2n) is 6.35. The second kappa shape index (κ2) is 7.51. The maximum absolute atomic E-state index is 12.6. The Morgan fingerprint density at radius 1 is 1.07 bits per heavy atom. The fraction of sp³-hybridized carbons (Fsp3) is 0.200. The highest BCUT2D eigenvalue weighted by atomic mass is 16.5. The molecule has 142 valence electrons. The smallest absolute Gasteiger partial charge is 0.325 e. The van der Waals surface area contributed by atoms with Gasteiger partial charge in [0.1, 0.15) is 18.3 Å². The third-order valence-corrected chi connectivity index (χ3v) is 4.49. The number of carbonyl (C=O) groups is 2. The summed E-state index contributed by atoms with van der Waals surface area (Å²) in [4.78, 5) is 25.9. The molecule has 0 saturated carbocycles. The van der Waals surface area contributed by atoms with Crippen LogP contribution in [0.5, 0.6) is 5.75 Å². The highest BCUT2D eigenvalue weighted by molar-refractivity contribution is 6.04. The molecule has 1 aliphatic rings. The molecule has 2 aromatic carbocycles. The molecular formula is C20H18N4O4. The number of rotatable bonds is 6. The van der Waals surface area contributed by atoms with Crippen LogP contribution in [0.4, 0.5) is 4.79 Å². The van der Waals surface area contributed by atoms with Crippen molar-refractivity contribution in [1.29, 1.82) is 0 Å². The summed E-state index contributed by atoms with van der Waals surface area (Å²) >= 11 is 0. The Bertz CT molecular complexity index is 985. The first kappa shape index (κ1) is 17.7. The van der Waals surface area contributed by atoms with Crippen molar-refractivity contribution in [3.05, 3.63) is 66.1 Å². The zero-order valence-electron chi connectivity index (χ0n) is 15.2. The Balaban J connectivity index is 1.44. The first-order chi connectivity index (χ1) is 13.6. The SMILES string of the molecule is COc1ccc(-c2nnc(CN3C(=O)NC(Cc4ccccc4)C3=O)o2)cc1. The topological polar surface area (TPSA) is 97.6 Å². The quantitative estimate of drug-likeness (QED) is 0.662. The van der Waals surface area contributed by atoms with Gasteiger partial charge in [-0.25, -0.2) is 4.79 Å². The van der Waals surface area contributed by atoms with Crippen LogP contribution in [0.15, 0.2) is 59.0 Å². The Morgan fingerprint density at radius 2 is 1.82 bits per heavy atom. The molecule has 3 amide bonds. The molecule has 0 bridgehead atoms. The highest BCUT2D eigenvalue weighted by Gasteiger charge is 2.38. The number of ether oxygens (including phenoxy) is 1. The lowest BCUT2D eigenvalue weighted by molar-refractivity contribution is -0.128. The molecule has 28 heavy (non-hydrogen) atoms. The van der Waals surface area contributed by atoms with E-state index in [1.807, 2.05) is 30.3 Å². The Kier molecular flexibility index (Phi) is 4.76. The third kappa shape index (κ3) is 3.57. The lowest BCUT2D eigenvalue weighted by Gasteiger charge is -2.10. The first-order valence-electron chi connectivity index (χ1n) is 8.76. The fourth-order valence-corrected chi connectivity index (χ4v) is 3.02. The van der Waals surface area contributed by atoms with E-state index >= 15 is 0 Å². The number of urea groups is 1. The van der Waals surface area contributed by atoms with Gasteiger partial charge in [0.15, 0.2) is 0 Å². The summed E-state index contributed by atoms with van der Waals surface area (Å²) in [6.45, 7) is -0.0703. The molecule has 1 saturated heterocycles. The van der Waals surface area contributed by atoms with E-state index in [-0.39, 0.29) is 18.3 Å². The van der Waals surface area contributed by atoms with Gasteiger partial charge in [0, 0.05) is 12.0 Å². The van der Waals surface area contributed by atoms with E-state index in [2.05, 4.69) is 15.5 Å². The van der Waals surface area contributed by atoms with Gasteiger partial charge in [-0.15, -0.1) is 10.2 Å². The maximum atomic E-state index is 12.6.